The fourth-order valence-corrected chi connectivity index (χ4v) is 3.50. The van der Waals surface area contributed by atoms with Gasteiger partial charge in [-0.25, -0.2) is 4.99 Å². The lowest BCUT2D eigenvalue weighted by molar-refractivity contribution is 0.818. The number of hydrogen-bond acceptors (Lipinski definition) is 3. The van der Waals surface area contributed by atoms with Crippen LogP contribution in [0.4, 0.5) is 5.69 Å². The summed E-state index contributed by atoms with van der Waals surface area (Å²) in [6.07, 6.45) is 6.28. The van der Waals surface area contributed by atoms with Gasteiger partial charge in [0.15, 0.2) is 5.96 Å². The first-order chi connectivity index (χ1) is 14.3. The van der Waals surface area contributed by atoms with Crippen LogP contribution in [0.1, 0.15) is 18.1 Å². The molecule has 0 bridgehead atoms. The lowest BCUT2D eigenvalue weighted by Gasteiger charge is -2.17. The van der Waals surface area contributed by atoms with Crippen molar-refractivity contribution in [1.82, 2.24) is 15.6 Å². The van der Waals surface area contributed by atoms with Crippen molar-refractivity contribution in [3.8, 4) is 0 Å². The van der Waals surface area contributed by atoms with Crippen LogP contribution in [0, 0.1) is 0 Å². The molecular formula is C24H27N5. The molecule has 0 fully saturated rings. The van der Waals surface area contributed by atoms with E-state index in [4.69, 9.17) is 4.99 Å². The third kappa shape index (κ3) is 4.74. The van der Waals surface area contributed by atoms with Crippen molar-refractivity contribution in [3.63, 3.8) is 0 Å². The number of aromatic nitrogens is 1. The van der Waals surface area contributed by atoms with Crippen molar-refractivity contribution in [3.05, 3.63) is 84.1 Å². The van der Waals surface area contributed by atoms with Gasteiger partial charge in [0, 0.05) is 43.4 Å². The highest BCUT2D eigenvalue weighted by Crippen LogP contribution is 2.18. The zero-order chi connectivity index (χ0) is 19.9. The molecule has 1 aromatic heterocycles. The fourth-order valence-electron chi connectivity index (χ4n) is 3.50. The van der Waals surface area contributed by atoms with Gasteiger partial charge in [0.25, 0.3) is 0 Å². The van der Waals surface area contributed by atoms with Crippen LogP contribution < -0.4 is 15.5 Å². The smallest absolute Gasteiger partial charge is 0.191 e. The molecule has 4 rings (SSSR count). The number of hydrogen-bond donors (Lipinski definition) is 2. The molecule has 5 nitrogen and oxygen atoms in total. The summed E-state index contributed by atoms with van der Waals surface area (Å²) in [5, 5.41) is 7.96. The predicted octanol–water partition coefficient (Wildman–Crippen LogP) is 3.87. The van der Waals surface area contributed by atoms with E-state index in [0.717, 1.165) is 31.1 Å². The van der Waals surface area contributed by atoms with E-state index in [2.05, 4.69) is 82.1 Å². The first kappa shape index (κ1) is 19.0. The molecule has 148 valence electrons. The van der Waals surface area contributed by atoms with Crippen LogP contribution >= 0.6 is 0 Å². The number of nitrogens with zero attached hydrogens (tertiary/aromatic N) is 3. The molecule has 0 atom stereocenters. The number of fused-ring (bicyclic) bond motifs is 1. The highest BCUT2D eigenvalue weighted by molar-refractivity contribution is 5.83. The van der Waals surface area contributed by atoms with E-state index in [0.29, 0.717) is 13.1 Å². The Morgan fingerprint density at radius 2 is 1.79 bits per heavy atom. The Bertz CT molecular complexity index is 994. The van der Waals surface area contributed by atoms with Gasteiger partial charge in [0.05, 0.1) is 12.1 Å². The quantitative estimate of drug-likeness (QED) is 0.384. The molecule has 5 heteroatoms. The maximum atomic E-state index is 4.76. The highest BCUT2D eigenvalue weighted by Gasteiger charge is 2.07. The minimum absolute atomic E-state index is 0.644. The van der Waals surface area contributed by atoms with Crippen LogP contribution in [0.15, 0.2) is 77.9 Å². The van der Waals surface area contributed by atoms with Crippen molar-refractivity contribution < 1.29 is 0 Å². The van der Waals surface area contributed by atoms with Crippen molar-refractivity contribution in [1.29, 1.82) is 0 Å². The second kappa shape index (κ2) is 9.24. The molecule has 2 heterocycles. The van der Waals surface area contributed by atoms with Crippen LogP contribution in [0.25, 0.3) is 10.9 Å². The number of benzene rings is 2. The molecule has 0 amide bonds. The third-order valence-corrected chi connectivity index (χ3v) is 5.07. The second-order valence-corrected chi connectivity index (χ2v) is 7.08. The maximum Gasteiger partial charge on any atom is 0.191 e. The van der Waals surface area contributed by atoms with Crippen LogP contribution in [0.2, 0.25) is 0 Å². The van der Waals surface area contributed by atoms with Gasteiger partial charge in [0.2, 0.25) is 0 Å². The summed E-state index contributed by atoms with van der Waals surface area (Å²) in [7, 11) is 0. The molecule has 2 N–H and O–H groups in total. The molecular weight excluding hydrogens is 358 g/mol. The number of anilines is 1. The van der Waals surface area contributed by atoms with Gasteiger partial charge in [-0.2, -0.15) is 0 Å². The molecule has 0 radical (unpaired) electrons. The average Bonchev–Trinajstić information content (AvgIpc) is 3.31. The largest absolute Gasteiger partial charge is 0.364 e. The summed E-state index contributed by atoms with van der Waals surface area (Å²) in [4.78, 5) is 11.5. The molecule has 0 aliphatic carbocycles. The lowest BCUT2D eigenvalue weighted by Crippen LogP contribution is -2.36. The number of rotatable bonds is 6. The maximum absolute atomic E-state index is 4.76. The van der Waals surface area contributed by atoms with Gasteiger partial charge in [-0.3, -0.25) is 4.98 Å². The fraction of sp³-hybridized carbons (Fsp3) is 0.250. The Morgan fingerprint density at radius 3 is 2.59 bits per heavy atom. The van der Waals surface area contributed by atoms with Gasteiger partial charge >= 0.3 is 0 Å². The average molecular weight is 386 g/mol. The summed E-state index contributed by atoms with van der Waals surface area (Å²) in [5.74, 6) is 0.821. The summed E-state index contributed by atoms with van der Waals surface area (Å²) in [5.41, 5.74) is 4.69. The van der Waals surface area contributed by atoms with Crippen molar-refractivity contribution in [2.75, 3.05) is 24.5 Å². The predicted molar refractivity (Wildman–Crippen MR) is 121 cm³/mol. The van der Waals surface area contributed by atoms with Crippen LogP contribution in [0.5, 0.6) is 0 Å². The molecule has 29 heavy (non-hydrogen) atoms. The summed E-state index contributed by atoms with van der Waals surface area (Å²) in [6, 6.07) is 19.0. The van der Waals surface area contributed by atoms with Gasteiger partial charge < -0.3 is 15.5 Å². The topological polar surface area (TPSA) is 52.6 Å². The third-order valence-electron chi connectivity index (χ3n) is 5.07. The van der Waals surface area contributed by atoms with E-state index in [1.165, 1.54) is 22.2 Å². The van der Waals surface area contributed by atoms with Crippen molar-refractivity contribution >= 4 is 22.5 Å². The normalized spacial score (nSPS) is 13.8. The summed E-state index contributed by atoms with van der Waals surface area (Å²) < 4.78 is 0. The molecule has 2 aromatic carbocycles. The van der Waals surface area contributed by atoms with E-state index >= 15 is 0 Å². The molecule has 1 aliphatic rings. The van der Waals surface area contributed by atoms with Gasteiger partial charge in [-0.05, 0) is 42.3 Å². The van der Waals surface area contributed by atoms with Crippen LogP contribution in [0.3, 0.4) is 0 Å². The van der Waals surface area contributed by atoms with Crippen LogP contribution in [-0.4, -0.2) is 30.6 Å². The molecule has 0 saturated heterocycles. The Kier molecular flexibility index (Phi) is 6.05. The molecule has 0 spiro atoms. The Hall–Kier alpha value is -3.34. The minimum Gasteiger partial charge on any atom is -0.364 e. The summed E-state index contributed by atoms with van der Waals surface area (Å²) in [6.45, 7) is 6.24. The number of pyridine rings is 1. The van der Waals surface area contributed by atoms with Gasteiger partial charge in [0.1, 0.15) is 0 Å². The van der Waals surface area contributed by atoms with E-state index in [9.17, 15) is 0 Å². The summed E-state index contributed by atoms with van der Waals surface area (Å²) >= 11 is 0. The number of para-hydroxylation sites is 1. The van der Waals surface area contributed by atoms with E-state index in [1.807, 2.05) is 18.3 Å². The molecule has 1 aliphatic heterocycles. The first-order valence-corrected chi connectivity index (χ1v) is 10.2. The lowest BCUT2D eigenvalue weighted by atomic mass is 10.1. The molecule has 0 saturated carbocycles. The Balaban J connectivity index is 1.41. The Labute approximate surface area is 172 Å². The highest BCUT2D eigenvalue weighted by atomic mass is 15.2. The van der Waals surface area contributed by atoms with Gasteiger partial charge in [-0.1, -0.05) is 42.5 Å². The minimum atomic E-state index is 0.644. The van der Waals surface area contributed by atoms with E-state index in [1.54, 1.807) is 0 Å². The van der Waals surface area contributed by atoms with E-state index < -0.39 is 0 Å². The van der Waals surface area contributed by atoms with Crippen molar-refractivity contribution in [2.45, 2.75) is 20.0 Å². The van der Waals surface area contributed by atoms with Crippen molar-refractivity contribution in [2.24, 2.45) is 4.99 Å². The zero-order valence-corrected chi connectivity index (χ0v) is 16.8. The zero-order valence-electron chi connectivity index (χ0n) is 16.8. The molecule has 0 unspecified atom stereocenters. The first-order valence-electron chi connectivity index (χ1n) is 10.2. The SMILES string of the molecule is CCNC(=NCc1ccc(N2CC=CC2)cc1)NCc1ccnc2ccccc12. The van der Waals surface area contributed by atoms with E-state index in [-0.39, 0.29) is 0 Å². The second-order valence-electron chi connectivity index (χ2n) is 7.08. The van der Waals surface area contributed by atoms with Crippen LogP contribution in [-0.2, 0) is 13.1 Å². The monoisotopic (exact) mass is 385 g/mol. The number of aliphatic imine (C=N–C) groups is 1. The standard InChI is InChI=1S/C24H27N5/c1-2-25-24(28-18-20-13-14-26-23-8-4-3-7-22(20)23)27-17-19-9-11-21(12-10-19)29-15-5-6-16-29/h3-14H,2,15-18H2,1H3,(H2,25,27,28). The van der Waals surface area contributed by atoms with Gasteiger partial charge in [-0.15, -0.1) is 0 Å². The Morgan fingerprint density at radius 1 is 1.00 bits per heavy atom. The number of nitrogens with one attached hydrogen (secondary N) is 2. The number of guanidine groups is 1. The molecule has 3 aromatic rings.